The monoisotopic (exact) mass is 258 g/mol. The van der Waals surface area contributed by atoms with Gasteiger partial charge in [-0.15, -0.1) is 0 Å². The lowest BCUT2D eigenvalue weighted by Crippen LogP contribution is -2.47. The molecule has 1 rings (SSSR count). The normalized spacial score (nSPS) is 20.8. The smallest absolute Gasteiger partial charge is 0.317 e. The zero-order valence-corrected chi connectivity index (χ0v) is 11.0. The van der Waals surface area contributed by atoms with Crippen molar-refractivity contribution in [2.45, 2.75) is 45.2 Å². The van der Waals surface area contributed by atoms with E-state index in [1.165, 1.54) is 0 Å². The number of hydrogen-bond acceptors (Lipinski definition) is 3. The average molecular weight is 258 g/mol. The molecule has 1 saturated heterocycles. The molecule has 2 N–H and O–H groups in total. The Labute approximate surface area is 107 Å². The van der Waals surface area contributed by atoms with Crippen molar-refractivity contribution in [1.29, 1.82) is 0 Å². The van der Waals surface area contributed by atoms with Crippen LogP contribution in [-0.2, 0) is 9.53 Å². The van der Waals surface area contributed by atoms with Crippen LogP contribution in [0.5, 0.6) is 0 Å². The van der Waals surface area contributed by atoms with Crippen LogP contribution < -0.4 is 5.32 Å². The van der Waals surface area contributed by atoms with Gasteiger partial charge in [-0.2, -0.15) is 0 Å². The third-order valence-electron chi connectivity index (χ3n) is 2.99. The molecule has 1 aliphatic rings. The lowest BCUT2D eigenvalue weighted by atomic mass is 10.1. The lowest BCUT2D eigenvalue weighted by molar-refractivity contribution is -0.137. The molecule has 1 heterocycles. The molecular formula is C12H22N2O4. The van der Waals surface area contributed by atoms with Crippen molar-refractivity contribution in [2.24, 2.45) is 0 Å². The zero-order valence-electron chi connectivity index (χ0n) is 11.0. The van der Waals surface area contributed by atoms with E-state index in [2.05, 4.69) is 5.32 Å². The van der Waals surface area contributed by atoms with Crippen LogP contribution in [0.3, 0.4) is 0 Å². The van der Waals surface area contributed by atoms with Crippen molar-refractivity contribution < 1.29 is 19.4 Å². The SMILES string of the molecule is CCOCC(C)NC(=O)N1CCCC1CC(=O)O. The van der Waals surface area contributed by atoms with Gasteiger partial charge in [0.15, 0.2) is 0 Å². The summed E-state index contributed by atoms with van der Waals surface area (Å²) in [5.74, 6) is -0.859. The maximum Gasteiger partial charge on any atom is 0.317 e. The molecule has 2 unspecified atom stereocenters. The van der Waals surface area contributed by atoms with Gasteiger partial charge in [-0.1, -0.05) is 0 Å². The van der Waals surface area contributed by atoms with Gasteiger partial charge in [-0.25, -0.2) is 4.79 Å². The van der Waals surface area contributed by atoms with Gasteiger partial charge in [0.25, 0.3) is 0 Å². The molecule has 2 amide bonds. The minimum atomic E-state index is -0.859. The fourth-order valence-corrected chi connectivity index (χ4v) is 2.15. The number of nitrogens with zero attached hydrogens (tertiary/aromatic N) is 1. The number of rotatable bonds is 6. The van der Waals surface area contributed by atoms with Crippen LogP contribution >= 0.6 is 0 Å². The quantitative estimate of drug-likeness (QED) is 0.746. The molecule has 0 aliphatic carbocycles. The summed E-state index contributed by atoms with van der Waals surface area (Å²) in [6.45, 7) is 5.49. The summed E-state index contributed by atoms with van der Waals surface area (Å²) in [6.07, 6.45) is 1.65. The number of amides is 2. The third kappa shape index (κ3) is 4.52. The van der Waals surface area contributed by atoms with Crippen LogP contribution in [0.4, 0.5) is 4.79 Å². The van der Waals surface area contributed by atoms with Crippen LogP contribution in [0.15, 0.2) is 0 Å². The number of ether oxygens (including phenoxy) is 1. The summed E-state index contributed by atoms with van der Waals surface area (Å²) < 4.78 is 5.22. The van der Waals surface area contributed by atoms with E-state index >= 15 is 0 Å². The number of carboxylic acid groups (broad SMARTS) is 1. The van der Waals surface area contributed by atoms with Crippen molar-refractivity contribution in [2.75, 3.05) is 19.8 Å². The van der Waals surface area contributed by atoms with Gasteiger partial charge >= 0.3 is 12.0 Å². The standard InChI is InChI=1S/C12H22N2O4/c1-3-18-8-9(2)13-12(17)14-6-4-5-10(14)7-11(15)16/h9-10H,3-8H2,1-2H3,(H,13,17)(H,15,16). The molecule has 6 nitrogen and oxygen atoms in total. The van der Waals surface area contributed by atoms with E-state index in [9.17, 15) is 9.59 Å². The maximum atomic E-state index is 12.0. The predicted molar refractivity (Wildman–Crippen MR) is 66.5 cm³/mol. The number of likely N-dealkylation sites (tertiary alicyclic amines) is 1. The number of aliphatic carboxylic acids is 1. The molecule has 6 heteroatoms. The largest absolute Gasteiger partial charge is 0.481 e. The molecule has 0 spiro atoms. The zero-order chi connectivity index (χ0) is 13.5. The average Bonchev–Trinajstić information content (AvgIpc) is 2.73. The van der Waals surface area contributed by atoms with Gasteiger partial charge in [0.05, 0.1) is 19.1 Å². The summed E-state index contributed by atoms with van der Waals surface area (Å²) in [7, 11) is 0. The van der Waals surface area contributed by atoms with E-state index in [4.69, 9.17) is 9.84 Å². The minimum absolute atomic E-state index is 0.0211. The van der Waals surface area contributed by atoms with Gasteiger partial charge in [0.1, 0.15) is 0 Å². The highest BCUT2D eigenvalue weighted by molar-refractivity contribution is 5.76. The Morgan fingerprint density at radius 3 is 2.89 bits per heavy atom. The van der Waals surface area contributed by atoms with Crippen molar-refractivity contribution in [3.05, 3.63) is 0 Å². The Hall–Kier alpha value is -1.30. The molecule has 0 aromatic carbocycles. The summed E-state index contributed by atoms with van der Waals surface area (Å²) in [6, 6.07) is -0.434. The third-order valence-corrected chi connectivity index (χ3v) is 2.99. The first-order valence-corrected chi connectivity index (χ1v) is 6.41. The summed E-state index contributed by atoms with van der Waals surface area (Å²) in [4.78, 5) is 24.3. The number of carbonyl (C=O) groups is 2. The number of urea groups is 1. The molecule has 2 atom stereocenters. The van der Waals surface area contributed by atoms with E-state index in [1.807, 2.05) is 13.8 Å². The number of hydrogen-bond donors (Lipinski definition) is 2. The highest BCUT2D eigenvalue weighted by Gasteiger charge is 2.30. The topological polar surface area (TPSA) is 78.9 Å². The second-order valence-electron chi connectivity index (χ2n) is 4.60. The van der Waals surface area contributed by atoms with Gasteiger partial charge in [-0.05, 0) is 26.7 Å². The molecule has 0 saturated carbocycles. The highest BCUT2D eigenvalue weighted by Crippen LogP contribution is 2.20. The molecule has 1 aliphatic heterocycles. The molecule has 0 aromatic rings. The Morgan fingerprint density at radius 2 is 2.28 bits per heavy atom. The van der Waals surface area contributed by atoms with E-state index in [1.54, 1.807) is 4.90 Å². The van der Waals surface area contributed by atoms with Crippen LogP contribution in [-0.4, -0.2) is 53.8 Å². The summed E-state index contributed by atoms with van der Waals surface area (Å²) in [5.41, 5.74) is 0. The fraction of sp³-hybridized carbons (Fsp3) is 0.833. The molecule has 18 heavy (non-hydrogen) atoms. The Bertz CT molecular complexity index is 296. The van der Waals surface area contributed by atoms with Crippen LogP contribution in [0.2, 0.25) is 0 Å². The Kier molecular flexibility index (Phi) is 5.91. The first-order valence-electron chi connectivity index (χ1n) is 6.41. The van der Waals surface area contributed by atoms with Crippen molar-refractivity contribution in [3.8, 4) is 0 Å². The molecule has 104 valence electrons. The highest BCUT2D eigenvalue weighted by atomic mass is 16.5. The maximum absolute atomic E-state index is 12.0. The Morgan fingerprint density at radius 1 is 1.56 bits per heavy atom. The van der Waals surface area contributed by atoms with Crippen LogP contribution in [0.25, 0.3) is 0 Å². The summed E-state index contributed by atoms with van der Waals surface area (Å²) in [5, 5.41) is 11.6. The van der Waals surface area contributed by atoms with E-state index < -0.39 is 5.97 Å². The Balaban J connectivity index is 2.42. The predicted octanol–water partition coefficient (Wildman–Crippen LogP) is 1.06. The summed E-state index contributed by atoms with van der Waals surface area (Å²) >= 11 is 0. The van der Waals surface area contributed by atoms with E-state index in [0.29, 0.717) is 19.8 Å². The van der Waals surface area contributed by atoms with Crippen molar-refractivity contribution >= 4 is 12.0 Å². The van der Waals surface area contributed by atoms with E-state index in [0.717, 1.165) is 12.8 Å². The number of carboxylic acids is 1. The number of carbonyl (C=O) groups excluding carboxylic acids is 1. The molecule has 1 fully saturated rings. The van der Waals surface area contributed by atoms with Gasteiger partial charge < -0.3 is 20.1 Å². The molecular weight excluding hydrogens is 236 g/mol. The lowest BCUT2D eigenvalue weighted by Gasteiger charge is -2.25. The second-order valence-corrected chi connectivity index (χ2v) is 4.60. The first-order chi connectivity index (χ1) is 8.54. The minimum Gasteiger partial charge on any atom is -0.481 e. The molecule has 0 radical (unpaired) electrons. The van der Waals surface area contributed by atoms with Gasteiger partial charge in [-0.3, -0.25) is 4.79 Å². The first kappa shape index (κ1) is 14.8. The second kappa shape index (κ2) is 7.20. The van der Waals surface area contributed by atoms with Gasteiger partial charge in [0.2, 0.25) is 0 Å². The fourth-order valence-electron chi connectivity index (χ4n) is 2.15. The van der Waals surface area contributed by atoms with Crippen molar-refractivity contribution in [3.63, 3.8) is 0 Å². The molecule has 0 bridgehead atoms. The van der Waals surface area contributed by atoms with Crippen LogP contribution in [0, 0.1) is 0 Å². The van der Waals surface area contributed by atoms with Crippen molar-refractivity contribution in [1.82, 2.24) is 10.2 Å². The van der Waals surface area contributed by atoms with Gasteiger partial charge in [0, 0.05) is 19.2 Å². The molecule has 0 aromatic heterocycles. The number of nitrogens with one attached hydrogen (secondary N) is 1. The van der Waals surface area contributed by atoms with Crippen LogP contribution in [0.1, 0.15) is 33.1 Å². The van der Waals surface area contributed by atoms with E-state index in [-0.39, 0.29) is 24.5 Å².